The van der Waals surface area contributed by atoms with Gasteiger partial charge in [-0.05, 0) is 38.5 Å². The van der Waals surface area contributed by atoms with Crippen LogP contribution in [0.25, 0.3) is 0 Å². The SMILES string of the molecule is CCCCCCC=CCCCCCCCCCC(=O)OC(COC(=O)CCCCCCCCCCCCC)COP(=O)(O)OC1C(O)C(O)C(O)C(O)C1OC1OC(CO)C(O)C(O)C1O. The molecule has 388 valence electrons. The van der Waals surface area contributed by atoms with Gasteiger partial charge in [0.15, 0.2) is 12.4 Å². The maximum atomic E-state index is 13.4. The summed E-state index contributed by atoms with van der Waals surface area (Å²) in [5.74, 6) is -1.22. The molecule has 19 heteroatoms. The molecule has 13 atom stereocenters. The summed E-state index contributed by atoms with van der Waals surface area (Å²) in [6, 6.07) is 0. The number of aliphatic hydroxyl groups excluding tert-OH is 8. The Morgan fingerprint density at radius 1 is 0.561 bits per heavy atom. The highest BCUT2D eigenvalue weighted by Gasteiger charge is 2.55. The first-order chi connectivity index (χ1) is 31.7. The predicted molar refractivity (Wildman–Crippen MR) is 245 cm³/mol. The predicted octanol–water partition coefficient (Wildman–Crippen LogP) is 5.32. The van der Waals surface area contributed by atoms with Gasteiger partial charge in [0.2, 0.25) is 0 Å². The van der Waals surface area contributed by atoms with Crippen molar-refractivity contribution in [2.75, 3.05) is 19.8 Å². The van der Waals surface area contributed by atoms with Gasteiger partial charge in [0.05, 0.1) is 13.2 Å². The van der Waals surface area contributed by atoms with E-state index in [0.29, 0.717) is 12.8 Å². The van der Waals surface area contributed by atoms with Crippen LogP contribution in [0.5, 0.6) is 0 Å². The van der Waals surface area contributed by atoms with Crippen LogP contribution in [0.1, 0.15) is 181 Å². The zero-order valence-electron chi connectivity index (χ0n) is 39.7. The molecule has 0 amide bonds. The number of unbranched alkanes of at least 4 members (excludes halogenated alkanes) is 21. The van der Waals surface area contributed by atoms with Crippen LogP contribution in [0.15, 0.2) is 12.2 Å². The van der Waals surface area contributed by atoms with Crippen LogP contribution in [-0.4, -0.2) is 151 Å². The first-order valence-electron chi connectivity index (χ1n) is 25.0. The van der Waals surface area contributed by atoms with Gasteiger partial charge in [-0.2, -0.15) is 0 Å². The zero-order chi connectivity index (χ0) is 48.7. The second-order valence-electron chi connectivity index (χ2n) is 18.0. The smallest absolute Gasteiger partial charge is 0.462 e. The van der Waals surface area contributed by atoms with Gasteiger partial charge in [-0.1, -0.05) is 142 Å². The van der Waals surface area contributed by atoms with Crippen molar-refractivity contribution in [2.24, 2.45) is 0 Å². The third kappa shape index (κ3) is 24.3. The minimum atomic E-state index is -5.37. The van der Waals surface area contributed by atoms with E-state index in [9.17, 15) is 59.9 Å². The summed E-state index contributed by atoms with van der Waals surface area (Å²) >= 11 is 0. The molecule has 0 aromatic rings. The van der Waals surface area contributed by atoms with E-state index in [1.807, 2.05) is 0 Å². The Balaban J connectivity index is 1.96. The number of carbonyl (C=O) groups is 2. The first kappa shape index (κ1) is 60.5. The summed E-state index contributed by atoms with van der Waals surface area (Å²) in [5, 5.41) is 82.9. The van der Waals surface area contributed by atoms with Crippen LogP contribution in [0.2, 0.25) is 0 Å². The molecule has 9 N–H and O–H groups in total. The molecule has 0 spiro atoms. The van der Waals surface area contributed by atoms with E-state index < -0.39 is 113 Å². The summed E-state index contributed by atoms with van der Waals surface area (Å²) in [5.41, 5.74) is 0. The molecular weight excluding hydrogens is 883 g/mol. The number of hydrogen-bond donors (Lipinski definition) is 9. The second kappa shape index (κ2) is 35.5. The average Bonchev–Trinajstić information content (AvgIpc) is 3.29. The molecule has 1 saturated heterocycles. The van der Waals surface area contributed by atoms with Gasteiger partial charge in [0.1, 0.15) is 67.6 Å². The summed E-state index contributed by atoms with van der Waals surface area (Å²) < 4.78 is 45.4. The average molecular weight is 971 g/mol. The summed E-state index contributed by atoms with van der Waals surface area (Å²) in [6.07, 6.45) is 7.31. The molecular formula is C47H87O18P. The third-order valence-corrected chi connectivity index (χ3v) is 13.2. The lowest BCUT2D eigenvalue weighted by molar-refractivity contribution is -0.338. The van der Waals surface area contributed by atoms with Crippen molar-refractivity contribution in [3.63, 3.8) is 0 Å². The number of ether oxygens (including phenoxy) is 4. The Kier molecular flexibility index (Phi) is 32.5. The van der Waals surface area contributed by atoms with Gasteiger partial charge < -0.3 is 64.7 Å². The van der Waals surface area contributed by atoms with Crippen molar-refractivity contribution in [1.29, 1.82) is 0 Å². The number of phosphoric acid groups is 1. The van der Waals surface area contributed by atoms with Crippen molar-refractivity contribution in [1.82, 2.24) is 0 Å². The van der Waals surface area contributed by atoms with Crippen LogP contribution in [0.4, 0.5) is 0 Å². The lowest BCUT2D eigenvalue weighted by atomic mass is 9.84. The minimum Gasteiger partial charge on any atom is -0.462 e. The molecule has 0 bridgehead atoms. The highest BCUT2D eigenvalue weighted by Crippen LogP contribution is 2.48. The largest absolute Gasteiger partial charge is 0.472 e. The van der Waals surface area contributed by atoms with Gasteiger partial charge in [0.25, 0.3) is 0 Å². The summed E-state index contributed by atoms with van der Waals surface area (Å²) in [6.45, 7) is 2.20. The van der Waals surface area contributed by atoms with E-state index in [0.717, 1.165) is 77.0 Å². The van der Waals surface area contributed by atoms with Crippen molar-refractivity contribution in [3.05, 3.63) is 12.2 Å². The minimum absolute atomic E-state index is 0.0306. The molecule has 1 heterocycles. The molecule has 1 saturated carbocycles. The highest BCUT2D eigenvalue weighted by molar-refractivity contribution is 7.47. The van der Waals surface area contributed by atoms with Crippen LogP contribution in [0, 0.1) is 0 Å². The number of rotatable bonds is 38. The number of allylic oxidation sites excluding steroid dienone is 2. The number of esters is 2. The van der Waals surface area contributed by atoms with Crippen LogP contribution >= 0.6 is 7.82 Å². The molecule has 13 unspecified atom stereocenters. The van der Waals surface area contributed by atoms with Crippen molar-refractivity contribution >= 4 is 19.8 Å². The Bertz CT molecular complexity index is 1340. The fraction of sp³-hybridized carbons (Fsp3) is 0.915. The van der Waals surface area contributed by atoms with Crippen molar-refractivity contribution in [3.8, 4) is 0 Å². The lowest BCUT2D eigenvalue weighted by Crippen LogP contribution is -2.67. The molecule has 1 aliphatic heterocycles. The van der Waals surface area contributed by atoms with Crippen molar-refractivity contribution in [2.45, 2.75) is 254 Å². The van der Waals surface area contributed by atoms with E-state index in [1.165, 1.54) is 64.2 Å². The molecule has 1 aliphatic carbocycles. The Hall–Kier alpha value is -1.61. The van der Waals surface area contributed by atoms with Gasteiger partial charge in [-0.3, -0.25) is 18.6 Å². The first-order valence-corrected chi connectivity index (χ1v) is 26.5. The quantitative estimate of drug-likeness (QED) is 0.0164. The molecule has 2 aliphatic rings. The van der Waals surface area contributed by atoms with E-state index >= 15 is 0 Å². The fourth-order valence-corrected chi connectivity index (χ4v) is 9.02. The molecule has 0 aromatic carbocycles. The summed E-state index contributed by atoms with van der Waals surface area (Å²) in [4.78, 5) is 36.5. The number of phosphoric ester groups is 1. The van der Waals surface area contributed by atoms with Gasteiger partial charge in [-0.25, -0.2) is 4.57 Å². The van der Waals surface area contributed by atoms with Crippen LogP contribution < -0.4 is 0 Å². The van der Waals surface area contributed by atoms with E-state index in [2.05, 4.69) is 26.0 Å². The maximum absolute atomic E-state index is 13.4. The highest BCUT2D eigenvalue weighted by atomic mass is 31.2. The fourth-order valence-electron chi connectivity index (χ4n) is 8.05. The Morgan fingerprint density at radius 2 is 1.00 bits per heavy atom. The molecule has 0 radical (unpaired) electrons. The maximum Gasteiger partial charge on any atom is 0.472 e. The van der Waals surface area contributed by atoms with Crippen LogP contribution in [-0.2, 0) is 42.1 Å². The second-order valence-corrected chi connectivity index (χ2v) is 19.4. The normalized spacial score (nSPS) is 28.3. The van der Waals surface area contributed by atoms with E-state index in [4.69, 9.17) is 28.0 Å². The molecule has 18 nitrogen and oxygen atoms in total. The molecule has 66 heavy (non-hydrogen) atoms. The topological polar surface area (TPSA) is 289 Å². The number of aliphatic hydroxyl groups is 8. The summed E-state index contributed by atoms with van der Waals surface area (Å²) in [7, 11) is -5.37. The van der Waals surface area contributed by atoms with Gasteiger partial charge in [0, 0.05) is 12.8 Å². The number of carbonyl (C=O) groups excluding carboxylic acids is 2. The molecule has 2 rings (SSSR count). The van der Waals surface area contributed by atoms with Gasteiger partial charge in [-0.15, -0.1) is 0 Å². The molecule has 2 fully saturated rings. The Morgan fingerprint density at radius 3 is 1.52 bits per heavy atom. The monoisotopic (exact) mass is 971 g/mol. The van der Waals surface area contributed by atoms with E-state index in [-0.39, 0.29) is 12.8 Å². The Labute approximate surface area is 393 Å². The van der Waals surface area contributed by atoms with E-state index in [1.54, 1.807) is 0 Å². The lowest BCUT2D eigenvalue weighted by Gasteiger charge is -2.47. The van der Waals surface area contributed by atoms with Crippen molar-refractivity contribution < 1.29 is 87.9 Å². The van der Waals surface area contributed by atoms with Gasteiger partial charge >= 0.3 is 19.8 Å². The third-order valence-electron chi connectivity index (χ3n) is 12.2. The van der Waals surface area contributed by atoms with Crippen LogP contribution in [0.3, 0.4) is 0 Å². The zero-order valence-corrected chi connectivity index (χ0v) is 40.6. The number of hydrogen-bond acceptors (Lipinski definition) is 17. The standard InChI is InChI=1S/C47H87O18P/c1-3-5-7-9-11-13-15-16-17-18-20-22-24-26-28-30-37(50)62-34(32-60-36(49)29-27-25-23-21-19-14-12-10-8-6-4-2)33-61-66(58,59)65-46-43(56)41(54)40(53)42(55)45(46)64-47-44(57)39(52)38(51)35(31-48)63-47/h13,15,34-35,38-48,51-57H,3-12,14,16-33H2,1-2H3,(H,58,59). The molecule has 0 aromatic heterocycles.